The smallest absolute Gasteiger partial charge is 0.258 e. The van der Waals surface area contributed by atoms with Gasteiger partial charge in [0.05, 0.1) is 12.6 Å². The van der Waals surface area contributed by atoms with Gasteiger partial charge in [0.2, 0.25) is 5.88 Å². The first-order valence-corrected chi connectivity index (χ1v) is 9.96. The van der Waals surface area contributed by atoms with Crippen molar-refractivity contribution in [3.05, 3.63) is 83.6 Å². The summed E-state index contributed by atoms with van der Waals surface area (Å²) in [6.45, 7) is 2.19. The molecule has 0 unspecified atom stereocenters. The van der Waals surface area contributed by atoms with Gasteiger partial charge in [0.15, 0.2) is 0 Å². The molecule has 150 valence electrons. The van der Waals surface area contributed by atoms with Crippen LogP contribution in [0, 0.1) is 0 Å². The molecule has 1 N–H and O–H groups in total. The topological polar surface area (TPSA) is 65.4 Å². The molecule has 0 bridgehead atoms. The van der Waals surface area contributed by atoms with E-state index in [0.29, 0.717) is 31.1 Å². The summed E-state index contributed by atoms with van der Waals surface area (Å²) in [6, 6.07) is 19.9. The Kier molecular flexibility index (Phi) is 6.22. The number of benzene rings is 2. The fourth-order valence-corrected chi connectivity index (χ4v) is 3.35. The predicted octanol–water partition coefficient (Wildman–Crippen LogP) is 3.42. The van der Waals surface area contributed by atoms with Crippen molar-refractivity contribution in [2.45, 2.75) is 32.1 Å². The molecule has 2 heterocycles. The second-order valence-corrected chi connectivity index (χ2v) is 7.15. The van der Waals surface area contributed by atoms with Gasteiger partial charge in [-0.05, 0) is 24.0 Å². The largest absolute Gasteiger partial charge is 0.471 e. The van der Waals surface area contributed by atoms with Crippen LogP contribution in [0.15, 0.2) is 66.9 Å². The molecule has 29 heavy (non-hydrogen) atoms. The third-order valence-corrected chi connectivity index (χ3v) is 4.89. The first-order chi connectivity index (χ1) is 14.3. The minimum atomic E-state index is -0.192. The number of aromatic nitrogens is 2. The fraction of sp³-hybridized carbons (Fsp3) is 0.304. The Bertz CT molecular complexity index is 919. The number of carbonyl (C=O) groups excluding carboxylic acids is 1. The normalized spacial score (nSPS) is 15.9. The van der Waals surface area contributed by atoms with Crippen LogP contribution in [0.3, 0.4) is 0 Å². The van der Waals surface area contributed by atoms with Gasteiger partial charge in [-0.15, -0.1) is 5.10 Å². The van der Waals surface area contributed by atoms with E-state index in [1.807, 2.05) is 60.7 Å². The zero-order valence-corrected chi connectivity index (χ0v) is 16.3. The third-order valence-electron chi connectivity index (χ3n) is 4.89. The van der Waals surface area contributed by atoms with E-state index in [1.165, 1.54) is 0 Å². The van der Waals surface area contributed by atoms with Gasteiger partial charge in [-0.25, -0.2) is 0 Å². The minimum Gasteiger partial charge on any atom is -0.471 e. The van der Waals surface area contributed by atoms with Gasteiger partial charge in [0.1, 0.15) is 12.2 Å². The second kappa shape index (κ2) is 9.39. The summed E-state index contributed by atoms with van der Waals surface area (Å²) < 4.78 is 13.2. The molecule has 1 atom stereocenters. The quantitative estimate of drug-likeness (QED) is 0.639. The van der Waals surface area contributed by atoms with E-state index in [4.69, 9.17) is 9.47 Å². The summed E-state index contributed by atoms with van der Waals surface area (Å²) >= 11 is 0. The van der Waals surface area contributed by atoms with E-state index < -0.39 is 0 Å². The van der Waals surface area contributed by atoms with Crippen molar-refractivity contribution >= 4 is 5.91 Å². The summed E-state index contributed by atoms with van der Waals surface area (Å²) in [5.41, 5.74) is 2.57. The Morgan fingerprint density at radius 2 is 1.83 bits per heavy atom. The Morgan fingerprint density at radius 3 is 2.52 bits per heavy atom. The highest BCUT2D eigenvalue weighted by Crippen LogP contribution is 2.19. The maximum absolute atomic E-state index is 12.8. The highest BCUT2D eigenvalue weighted by atomic mass is 16.5. The van der Waals surface area contributed by atoms with Crippen LogP contribution in [0.25, 0.3) is 0 Å². The number of carbonyl (C=O) groups is 1. The van der Waals surface area contributed by atoms with Crippen molar-refractivity contribution in [2.24, 2.45) is 0 Å². The molecule has 1 saturated heterocycles. The minimum absolute atomic E-state index is 0.0898. The second-order valence-electron chi connectivity index (χ2n) is 7.15. The van der Waals surface area contributed by atoms with Crippen LogP contribution in [-0.2, 0) is 17.9 Å². The first-order valence-electron chi connectivity index (χ1n) is 9.96. The van der Waals surface area contributed by atoms with Crippen molar-refractivity contribution in [3.63, 3.8) is 0 Å². The average Bonchev–Trinajstić information content (AvgIpc) is 3.42. The van der Waals surface area contributed by atoms with Crippen LogP contribution >= 0.6 is 0 Å². The summed E-state index contributed by atoms with van der Waals surface area (Å²) in [7, 11) is 0. The van der Waals surface area contributed by atoms with Crippen LogP contribution in [0.2, 0.25) is 0 Å². The zero-order chi connectivity index (χ0) is 19.9. The lowest BCUT2D eigenvalue weighted by Gasteiger charge is -2.11. The Morgan fingerprint density at radius 1 is 1.10 bits per heavy atom. The van der Waals surface area contributed by atoms with Gasteiger partial charge in [-0.3, -0.25) is 9.48 Å². The zero-order valence-electron chi connectivity index (χ0n) is 16.3. The summed E-state index contributed by atoms with van der Waals surface area (Å²) in [6.07, 6.45) is 3.86. The monoisotopic (exact) mass is 391 g/mol. The van der Waals surface area contributed by atoms with E-state index in [2.05, 4.69) is 10.4 Å². The molecule has 6 nitrogen and oxygen atoms in total. The number of amides is 1. The molecule has 3 aromatic rings. The van der Waals surface area contributed by atoms with Crippen LogP contribution < -0.4 is 10.1 Å². The molecule has 1 aliphatic heterocycles. The molecule has 0 aliphatic carbocycles. The van der Waals surface area contributed by atoms with Crippen LogP contribution in [0.4, 0.5) is 0 Å². The van der Waals surface area contributed by atoms with Crippen molar-refractivity contribution < 1.29 is 14.3 Å². The van der Waals surface area contributed by atoms with Crippen molar-refractivity contribution in [3.8, 4) is 5.88 Å². The van der Waals surface area contributed by atoms with Crippen LogP contribution in [0.1, 0.15) is 34.3 Å². The molecule has 1 fully saturated rings. The SMILES string of the molecule is O=C(NC[C@@H]1CCCO1)c1cn(Cc2ccccc2)nc1OCc1ccccc1. The molecule has 2 aromatic carbocycles. The van der Waals surface area contributed by atoms with Gasteiger partial charge < -0.3 is 14.8 Å². The maximum atomic E-state index is 12.8. The molecule has 1 amide bonds. The van der Waals surface area contributed by atoms with Crippen molar-refractivity contribution in [1.29, 1.82) is 0 Å². The van der Waals surface area contributed by atoms with Crippen LogP contribution in [-0.4, -0.2) is 34.9 Å². The van der Waals surface area contributed by atoms with E-state index in [9.17, 15) is 4.79 Å². The highest BCUT2D eigenvalue weighted by Gasteiger charge is 2.21. The lowest BCUT2D eigenvalue weighted by molar-refractivity contribution is 0.0854. The van der Waals surface area contributed by atoms with E-state index in [1.54, 1.807) is 10.9 Å². The Hall–Kier alpha value is -3.12. The number of hydrogen-bond donors (Lipinski definition) is 1. The molecule has 1 aromatic heterocycles. The molecule has 0 saturated carbocycles. The third kappa shape index (κ3) is 5.23. The van der Waals surface area contributed by atoms with Crippen molar-refractivity contribution in [1.82, 2.24) is 15.1 Å². The number of ether oxygens (including phenoxy) is 2. The number of hydrogen-bond acceptors (Lipinski definition) is 4. The fourth-order valence-electron chi connectivity index (χ4n) is 3.35. The lowest BCUT2D eigenvalue weighted by atomic mass is 10.2. The molecular formula is C23H25N3O3. The van der Waals surface area contributed by atoms with E-state index >= 15 is 0 Å². The summed E-state index contributed by atoms with van der Waals surface area (Å²) in [5.74, 6) is 0.150. The predicted molar refractivity (Wildman–Crippen MR) is 110 cm³/mol. The summed E-state index contributed by atoms with van der Waals surface area (Å²) in [4.78, 5) is 12.8. The van der Waals surface area contributed by atoms with Gasteiger partial charge in [0, 0.05) is 19.3 Å². The first kappa shape index (κ1) is 19.2. The molecule has 6 heteroatoms. The molecule has 1 aliphatic rings. The van der Waals surface area contributed by atoms with E-state index in [0.717, 1.165) is 30.6 Å². The Balaban J connectivity index is 1.49. The van der Waals surface area contributed by atoms with Crippen molar-refractivity contribution in [2.75, 3.05) is 13.2 Å². The van der Waals surface area contributed by atoms with E-state index in [-0.39, 0.29) is 12.0 Å². The average molecular weight is 391 g/mol. The lowest BCUT2D eigenvalue weighted by Crippen LogP contribution is -2.31. The molecule has 4 rings (SSSR count). The Labute approximate surface area is 170 Å². The number of nitrogens with one attached hydrogen (secondary N) is 1. The maximum Gasteiger partial charge on any atom is 0.258 e. The van der Waals surface area contributed by atoms with Gasteiger partial charge in [0.25, 0.3) is 5.91 Å². The molecule has 0 radical (unpaired) electrons. The van der Waals surface area contributed by atoms with Crippen LogP contribution in [0.5, 0.6) is 5.88 Å². The molecular weight excluding hydrogens is 366 g/mol. The molecule has 0 spiro atoms. The highest BCUT2D eigenvalue weighted by molar-refractivity contribution is 5.96. The van der Waals surface area contributed by atoms with Gasteiger partial charge >= 0.3 is 0 Å². The van der Waals surface area contributed by atoms with Gasteiger partial charge in [-0.1, -0.05) is 60.7 Å². The van der Waals surface area contributed by atoms with Gasteiger partial charge in [-0.2, -0.15) is 0 Å². The number of rotatable bonds is 8. The standard InChI is InChI=1S/C23H25N3O3/c27-22(24-14-20-12-7-13-28-20)21-16-26(15-18-8-3-1-4-9-18)25-23(21)29-17-19-10-5-2-6-11-19/h1-6,8-11,16,20H,7,12-15,17H2,(H,24,27)/t20-/m0/s1. The number of nitrogens with zero attached hydrogens (tertiary/aromatic N) is 2. The summed E-state index contributed by atoms with van der Waals surface area (Å²) in [5, 5.41) is 7.48.